The van der Waals surface area contributed by atoms with Gasteiger partial charge in [-0.1, -0.05) is 23.5 Å². The van der Waals surface area contributed by atoms with Crippen molar-refractivity contribution in [3.63, 3.8) is 0 Å². The number of hydrogen-bond donors (Lipinski definition) is 1. The van der Waals surface area contributed by atoms with Crippen molar-refractivity contribution in [3.05, 3.63) is 55.0 Å². The highest BCUT2D eigenvalue weighted by atomic mass is 32.1. The average Bonchev–Trinajstić information content (AvgIpc) is 3.15. The minimum absolute atomic E-state index is 0.0833. The van der Waals surface area contributed by atoms with Crippen LogP contribution in [0, 0.1) is 0 Å². The number of ether oxygens (including phenoxy) is 2. The van der Waals surface area contributed by atoms with Gasteiger partial charge in [0.2, 0.25) is 11.8 Å². The fourth-order valence-corrected chi connectivity index (χ4v) is 4.32. The molecule has 29 heavy (non-hydrogen) atoms. The van der Waals surface area contributed by atoms with Crippen LogP contribution in [0.3, 0.4) is 0 Å². The van der Waals surface area contributed by atoms with Gasteiger partial charge in [0.05, 0.1) is 22.9 Å². The van der Waals surface area contributed by atoms with Gasteiger partial charge in [0.1, 0.15) is 11.8 Å². The predicted molar refractivity (Wildman–Crippen MR) is 112 cm³/mol. The highest BCUT2D eigenvalue weighted by molar-refractivity contribution is 7.22. The summed E-state index contributed by atoms with van der Waals surface area (Å²) in [6.07, 6.45) is 6.82. The van der Waals surface area contributed by atoms with E-state index in [4.69, 9.17) is 9.47 Å². The van der Waals surface area contributed by atoms with E-state index in [0.29, 0.717) is 23.5 Å². The molecule has 1 aliphatic carbocycles. The molecule has 1 aromatic carbocycles. The SMILES string of the molecule is COc1ncccc1-c1nccnc1O[C@H]1C[C@H](Nc2nc3ccccc3s2)C1. The molecule has 4 aromatic rings. The summed E-state index contributed by atoms with van der Waals surface area (Å²) in [5.74, 6) is 1.00. The molecular formula is C21H19N5O2S. The lowest BCUT2D eigenvalue weighted by Crippen LogP contribution is -2.42. The Kier molecular flexibility index (Phi) is 4.69. The molecule has 0 radical (unpaired) electrons. The first-order chi connectivity index (χ1) is 14.3. The standard InChI is InChI=1S/C21H19N5O2S/c1-27-19-15(5-4-8-23-19)18-20(24-10-9-22-18)28-14-11-13(12-14)25-21-26-16-6-2-3-7-17(16)29-21/h2-10,13-14H,11-12H2,1H3,(H,25,26)/t13-,14-. The fraction of sp³-hybridized carbons (Fsp3) is 0.238. The van der Waals surface area contributed by atoms with Crippen molar-refractivity contribution in [2.24, 2.45) is 0 Å². The second-order valence-electron chi connectivity index (χ2n) is 6.81. The van der Waals surface area contributed by atoms with Gasteiger partial charge in [-0.2, -0.15) is 0 Å². The summed E-state index contributed by atoms with van der Waals surface area (Å²) in [4.78, 5) is 17.7. The van der Waals surface area contributed by atoms with Gasteiger partial charge in [0.25, 0.3) is 0 Å². The highest BCUT2D eigenvalue weighted by Crippen LogP contribution is 2.35. The van der Waals surface area contributed by atoms with E-state index in [0.717, 1.165) is 29.1 Å². The van der Waals surface area contributed by atoms with Crippen LogP contribution >= 0.6 is 11.3 Å². The van der Waals surface area contributed by atoms with Crippen LogP contribution in [0.2, 0.25) is 0 Å². The van der Waals surface area contributed by atoms with Gasteiger partial charge in [0, 0.05) is 37.5 Å². The van der Waals surface area contributed by atoms with Crippen LogP contribution in [-0.2, 0) is 0 Å². The molecule has 1 N–H and O–H groups in total. The Morgan fingerprint density at radius 1 is 0.966 bits per heavy atom. The van der Waals surface area contributed by atoms with Crippen LogP contribution in [0.25, 0.3) is 21.5 Å². The monoisotopic (exact) mass is 405 g/mol. The van der Waals surface area contributed by atoms with Crippen molar-refractivity contribution in [3.8, 4) is 23.0 Å². The highest BCUT2D eigenvalue weighted by Gasteiger charge is 2.32. The summed E-state index contributed by atoms with van der Waals surface area (Å²) in [5.41, 5.74) is 2.43. The number of fused-ring (bicyclic) bond motifs is 1. The average molecular weight is 405 g/mol. The van der Waals surface area contributed by atoms with Gasteiger partial charge in [0.15, 0.2) is 5.13 Å². The van der Waals surface area contributed by atoms with Crippen LogP contribution in [-0.4, -0.2) is 39.2 Å². The Balaban J connectivity index is 1.26. The minimum atomic E-state index is 0.0833. The first-order valence-corrected chi connectivity index (χ1v) is 10.2. The van der Waals surface area contributed by atoms with Crippen LogP contribution in [0.15, 0.2) is 55.0 Å². The third-order valence-corrected chi connectivity index (χ3v) is 5.85. The minimum Gasteiger partial charge on any atom is -0.481 e. The molecule has 0 atom stereocenters. The molecule has 146 valence electrons. The topological polar surface area (TPSA) is 82.1 Å². The molecule has 0 spiro atoms. The number of nitrogens with zero attached hydrogens (tertiary/aromatic N) is 4. The molecule has 7 nitrogen and oxygen atoms in total. The van der Waals surface area contributed by atoms with E-state index in [2.05, 4.69) is 31.3 Å². The van der Waals surface area contributed by atoms with E-state index >= 15 is 0 Å². The Morgan fingerprint density at radius 3 is 2.66 bits per heavy atom. The molecule has 1 fully saturated rings. The third kappa shape index (κ3) is 3.58. The smallest absolute Gasteiger partial charge is 0.241 e. The van der Waals surface area contributed by atoms with Crippen molar-refractivity contribution < 1.29 is 9.47 Å². The van der Waals surface area contributed by atoms with E-state index in [-0.39, 0.29) is 6.10 Å². The quantitative estimate of drug-likeness (QED) is 0.515. The zero-order valence-corrected chi connectivity index (χ0v) is 16.6. The molecule has 0 saturated heterocycles. The number of rotatable bonds is 6. The van der Waals surface area contributed by atoms with Crippen LogP contribution in [0.5, 0.6) is 11.8 Å². The van der Waals surface area contributed by atoms with E-state index in [1.165, 1.54) is 4.70 Å². The second-order valence-corrected chi connectivity index (χ2v) is 7.84. The summed E-state index contributed by atoms with van der Waals surface area (Å²) in [5, 5.41) is 4.46. The number of nitrogens with one attached hydrogen (secondary N) is 1. The lowest BCUT2D eigenvalue weighted by atomic mass is 9.89. The third-order valence-electron chi connectivity index (χ3n) is 4.88. The van der Waals surface area contributed by atoms with Crippen molar-refractivity contribution >= 4 is 26.7 Å². The number of methoxy groups -OCH3 is 1. The molecule has 0 bridgehead atoms. The van der Waals surface area contributed by atoms with Gasteiger partial charge in [-0.15, -0.1) is 0 Å². The maximum atomic E-state index is 6.15. The van der Waals surface area contributed by atoms with Crippen molar-refractivity contribution in [1.29, 1.82) is 0 Å². The summed E-state index contributed by atoms with van der Waals surface area (Å²) < 4.78 is 12.7. The maximum absolute atomic E-state index is 6.15. The van der Waals surface area contributed by atoms with Crippen LogP contribution < -0.4 is 14.8 Å². The number of aromatic nitrogens is 4. The molecule has 8 heteroatoms. The van der Waals surface area contributed by atoms with Crippen LogP contribution in [0.4, 0.5) is 5.13 Å². The Hall–Kier alpha value is -3.26. The normalized spacial score (nSPS) is 18.2. The van der Waals surface area contributed by atoms with Crippen molar-refractivity contribution in [1.82, 2.24) is 19.9 Å². The zero-order valence-electron chi connectivity index (χ0n) is 15.8. The molecule has 0 aliphatic heterocycles. The Morgan fingerprint density at radius 2 is 1.79 bits per heavy atom. The summed E-state index contributed by atoms with van der Waals surface area (Å²) in [6, 6.07) is 12.3. The molecule has 1 aliphatic rings. The maximum Gasteiger partial charge on any atom is 0.241 e. The molecule has 5 rings (SSSR count). The lowest BCUT2D eigenvalue weighted by molar-refractivity contribution is 0.103. The van der Waals surface area contributed by atoms with Crippen LogP contribution in [0.1, 0.15) is 12.8 Å². The number of benzene rings is 1. The molecule has 0 unspecified atom stereocenters. The molecular weight excluding hydrogens is 386 g/mol. The Labute approximate surface area is 171 Å². The zero-order chi connectivity index (χ0) is 19.6. The first-order valence-electron chi connectivity index (χ1n) is 9.39. The summed E-state index contributed by atoms with van der Waals surface area (Å²) in [7, 11) is 1.59. The van der Waals surface area contributed by atoms with Crippen molar-refractivity contribution in [2.45, 2.75) is 25.0 Å². The molecule has 1 saturated carbocycles. The predicted octanol–water partition coefficient (Wildman–Crippen LogP) is 4.18. The largest absolute Gasteiger partial charge is 0.481 e. The van der Waals surface area contributed by atoms with Gasteiger partial charge >= 0.3 is 0 Å². The van der Waals surface area contributed by atoms with Crippen molar-refractivity contribution in [2.75, 3.05) is 12.4 Å². The molecule has 3 heterocycles. The van der Waals surface area contributed by atoms with Gasteiger partial charge < -0.3 is 14.8 Å². The number of para-hydroxylation sites is 1. The van der Waals surface area contributed by atoms with Gasteiger partial charge in [-0.05, 0) is 24.3 Å². The van der Waals surface area contributed by atoms with E-state index in [1.54, 1.807) is 37.0 Å². The second kappa shape index (κ2) is 7.63. The summed E-state index contributed by atoms with van der Waals surface area (Å²) >= 11 is 1.68. The fourth-order valence-electron chi connectivity index (χ4n) is 3.38. The number of thiazole rings is 1. The lowest BCUT2D eigenvalue weighted by Gasteiger charge is -2.35. The number of anilines is 1. The van der Waals surface area contributed by atoms with Gasteiger partial charge in [-0.25, -0.2) is 19.9 Å². The number of pyridine rings is 1. The Bertz CT molecular complexity index is 1110. The number of hydrogen-bond acceptors (Lipinski definition) is 8. The first kappa shape index (κ1) is 17.8. The van der Waals surface area contributed by atoms with Gasteiger partial charge in [-0.3, -0.25) is 0 Å². The van der Waals surface area contributed by atoms with E-state index in [1.807, 2.05) is 30.3 Å². The molecule has 0 amide bonds. The summed E-state index contributed by atoms with van der Waals surface area (Å²) in [6.45, 7) is 0. The molecule has 3 aromatic heterocycles. The van der Waals surface area contributed by atoms with E-state index < -0.39 is 0 Å². The van der Waals surface area contributed by atoms with E-state index in [9.17, 15) is 0 Å².